The van der Waals surface area contributed by atoms with Gasteiger partial charge >= 0.3 is 18.3 Å². The molecule has 33 heavy (non-hydrogen) atoms. The SMILES string of the molecule is COC(=O)C(c1c(C#N)nn(-c2c(Cl)cc(C(F)(F)F)cc2Cl)c1N=CN(C)C)C(F)(F)F. The number of rotatable bonds is 5. The molecule has 1 unspecified atom stereocenters. The molecule has 2 aromatic rings. The Balaban J connectivity index is 2.98. The highest BCUT2D eigenvalue weighted by Crippen LogP contribution is 2.45. The lowest BCUT2D eigenvalue weighted by Crippen LogP contribution is -2.30. The Labute approximate surface area is 192 Å². The predicted octanol–water partition coefficient (Wildman–Crippen LogP) is 5.11. The van der Waals surface area contributed by atoms with E-state index in [-0.39, 0.29) is 0 Å². The predicted molar refractivity (Wildman–Crippen MR) is 106 cm³/mol. The molecule has 0 fully saturated rings. The molecule has 0 aliphatic rings. The molecule has 0 aliphatic heterocycles. The van der Waals surface area contributed by atoms with Crippen LogP contribution in [0.3, 0.4) is 0 Å². The van der Waals surface area contributed by atoms with Gasteiger partial charge in [0.25, 0.3) is 0 Å². The third-order valence-corrected chi connectivity index (χ3v) is 4.60. The number of ether oxygens (including phenoxy) is 1. The van der Waals surface area contributed by atoms with Gasteiger partial charge in [-0.15, -0.1) is 0 Å². The first-order chi connectivity index (χ1) is 15.1. The Kier molecular flexibility index (Phi) is 7.55. The zero-order valence-electron chi connectivity index (χ0n) is 16.9. The molecule has 1 aromatic heterocycles. The first-order valence-corrected chi connectivity index (χ1v) is 9.33. The van der Waals surface area contributed by atoms with E-state index in [0.717, 1.165) is 6.34 Å². The molecule has 1 aromatic carbocycles. The molecular weight excluding hydrogens is 503 g/mol. The van der Waals surface area contributed by atoms with Gasteiger partial charge in [0.05, 0.1) is 34.6 Å². The average Bonchev–Trinajstić information content (AvgIpc) is 3.01. The van der Waals surface area contributed by atoms with Gasteiger partial charge in [-0.2, -0.15) is 36.7 Å². The number of halogens is 8. The smallest absolute Gasteiger partial charge is 0.416 e. The lowest BCUT2D eigenvalue weighted by Gasteiger charge is -2.18. The third kappa shape index (κ3) is 5.51. The van der Waals surface area contributed by atoms with Crippen molar-refractivity contribution in [2.45, 2.75) is 18.3 Å². The number of aliphatic imine (C=N–C) groups is 1. The number of carbonyl (C=O) groups excluding carboxylic acids is 1. The molecule has 7 nitrogen and oxygen atoms in total. The highest BCUT2D eigenvalue weighted by Gasteiger charge is 2.51. The van der Waals surface area contributed by atoms with E-state index < -0.39 is 62.6 Å². The second-order valence-corrected chi connectivity index (χ2v) is 7.42. The van der Waals surface area contributed by atoms with Crippen LogP contribution >= 0.6 is 23.2 Å². The minimum atomic E-state index is -5.23. The van der Waals surface area contributed by atoms with Gasteiger partial charge in [0.1, 0.15) is 11.8 Å². The molecule has 1 atom stereocenters. The van der Waals surface area contributed by atoms with E-state index in [1.807, 2.05) is 0 Å². The van der Waals surface area contributed by atoms with Crippen molar-refractivity contribution in [1.82, 2.24) is 14.7 Å². The summed E-state index contributed by atoms with van der Waals surface area (Å²) in [5.41, 5.74) is -3.58. The Bertz CT molecular complexity index is 1110. The number of hydrogen-bond acceptors (Lipinski definition) is 5. The van der Waals surface area contributed by atoms with Crippen LogP contribution in [0.25, 0.3) is 5.69 Å². The van der Waals surface area contributed by atoms with Crippen molar-refractivity contribution in [3.05, 3.63) is 39.0 Å². The quantitative estimate of drug-likeness (QED) is 0.239. The molecule has 0 aliphatic carbocycles. The number of nitriles is 1. The van der Waals surface area contributed by atoms with Crippen LogP contribution in [-0.2, 0) is 15.7 Å². The summed E-state index contributed by atoms with van der Waals surface area (Å²) in [6.45, 7) is 0. The van der Waals surface area contributed by atoms with Crippen LogP contribution in [-0.4, -0.2) is 54.4 Å². The van der Waals surface area contributed by atoms with Crippen LogP contribution in [0.4, 0.5) is 32.2 Å². The number of alkyl halides is 6. The molecule has 0 N–H and O–H groups in total. The third-order valence-electron chi connectivity index (χ3n) is 4.02. The summed E-state index contributed by atoms with van der Waals surface area (Å²) < 4.78 is 85.4. The van der Waals surface area contributed by atoms with Crippen LogP contribution in [0.15, 0.2) is 17.1 Å². The number of aromatic nitrogens is 2. The van der Waals surface area contributed by atoms with E-state index in [1.165, 1.54) is 25.1 Å². The number of hydrogen-bond donors (Lipinski definition) is 0. The molecule has 0 bridgehead atoms. The number of esters is 1. The number of benzene rings is 1. The maximum absolute atomic E-state index is 13.8. The van der Waals surface area contributed by atoms with E-state index in [0.29, 0.717) is 23.9 Å². The van der Waals surface area contributed by atoms with Crippen LogP contribution in [0.1, 0.15) is 22.7 Å². The summed E-state index contributed by atoms with van der Waals surface area (Å²) in [6, 6.07) is 2.39. The van der Waals surface area contributed by atoms with Crippen molar-refractivity contribution in [1.29, 1.82) is 5.26 Å². The maximum Gasteiger partial charge on any atom is 0.416 e. The highest BCUT2D eigenvalue weighted by molar-refractivity contribution is 6.38. The molecule has 178 valence electrons. The van der Waals surface area contributed by atoms with Crippen LogP contribution in [0.2, 0.25) is 10.0 Å². The van der Waals surface area contributed by atoms with Crippen LogP contribution < -0.4 is 0 Å². The fourth-order valence-corrected chi connectivity index (χ4v) is 3.33. The van der Waals surface area contributed by atoms with Gasteiger partial charge in [-0.05, 0) is 12.1 Å². The lowest BCUT2D eigenvalue weighted by atomic mass is 9.98. The van der Waals surface area contributed by atoms with Crippen molar-refractivity contribution in [3.63, 3.8) is 0 Å². The van der Waals surface area contributed by atoms with E-state index in [1.54, 1.807) is 0 Å². The summed E-state index contributed by atoms with van der Waals surface area (Å²) in [4.78, 5) is 17.2. The van der Waals surface area contributed by atoms with Crippen LogP contribution in [0, 0.1) is 11.3 Å². The summed E-state index contributed by atoms with van der Waals surface area (Å²) in [6.07, 6.45) is -9.03. The Morgan fingerprint density at radius 1 is 1.24 bits per heavy atom. The first kappa shape index (κ1) is 26.3. The first-order valence-electron chi connectivity index (χ1n) is 8.58. The van der Waals surface area contributed by atoms with E-state index >= 15 is 0 Å². The van der Waals surface area contributed by atoms with E-state index in [9.17, 15) is 36.4 Å². The standard InChI is InChI=1S/C18H13Cl2F6N5O2/c1-30(2)7-28-15-12(13(16(32)33-3)18(24,25)26)11(6-27)29-31(15)14-9(19)4-8(5-10(14)20)17(21,22)23/h4-5,7,13H,1-3H3. The summed E-state index contributed by atoms with van der Waals surface area (Å²) >= 11 is 11.9. The summed E-state index contributed by atoms with van der Waals surface area (Å²) in [7, 11) is 3.65. The Hall–Kier alpha value is -2.98. The zero-order chi connectivity index (χ0) is 25.3. The van der Waals surface area contributed by atoms with Gasteiger partial charge in [0.15, 0.2) is 17.4 Å². The molecule has 2 rings (SSSR count). The molecule has 0 spiro atoms. The van der Waals surface area contributed by atoms with Crippen molar-refractivity contribution in [2.75, 3.05) is 21.2 Å². The van der Waals surface area contributed by atoms with Gasteiger partial charge in [0.2, 0.25) is 0 Å². The average molecular weight is 516 g/mol. The molecule has 0 saturated carbocycles. The summed E-state index contributed by atoms with van der Waals surface area (Å²) in [5, 5.41) is 11.8. The number of nitrogens with zero attached hydrogens (tertiary/aromatic N) is 5. The van der Waals surface area contributed by atoms with Gasteiger partial charge < -0.3 is 9.64 Å². The van der Waals surface area contributed by atoms with Crippen molar-refractivity contribution < 1.29 is 35.9 Å². The molecule has 0 amide bonds. The zero-order valence-corrected chi connectivity index (χ0v) is 18.4. The van der Waals surface area contributed by atoms with Gasteiger partial charge in [0, 0.05) is 14.1 Å². The van der Waals surface area contributed by atoms with Crippen molar-refractivity contribution in [2.24, 2.45) is 4.99 Å². The molecule has 0 saturated heterocycles. The fourth-order valence-electron chi connectivity index (χ4n) is 2.68. The van der Waals surface area contributed by atoms with Crippen LogP contribution in [0.5, 0.6) is 0 Å². The number of carbonyl (C=O) groups is 1. The highest BCUT2D eigenvalue weighted by atomic mass is 35.5. The van der Waals surface area contributed by atoms with E-state index in [4.69, 9.17) is 23.2 Å². The van der Waals surface area contributed by atoms with Gasteiger partial charge in [-0.25, -0.2) is 9.67 Å². The lowest BCUT2D eigenvalue weighted by molar-refractivity contribution is -0.179. The van der Waals surface area contributed by atoms with Gasteiger partial charge in [-0.1, -0.05) is 23.2 Å². The Morgan fingerprint density at radius 2 is 1.79 bits per heavy atom. The largest absolute Gasteiger partial charge is 0.468 e. The Morgan fingerprint density at radius 3 is 2.18 bits per heavy atom. The second-order valence-electron chi connectivity index (χ2n) is 6.60. The molecular formula is C18H13Cl2F6N5O2. The normalized spacial score (nSPS) is 13.2. The van der Waals surface area contributed by atoms with Gasteiger partial charge in [-0.3, -0.25) is 4.79 Å². The van der Waals surface area contributed by atoms with Crippen molar-refractivity contribution >= 4 is 41.3 Å². The van der Waals surface area contributed by atoms with Crippen molar-refractivity contribution in [3.8, 4) is 11.8 Å². The monoisotopic (exact) mass is 515 g/mol. The molecule has 1 heterocycles. The molecule has 15 heteroatoms. The second kappa shape index (κ2) is 9.48. The van der Waals surface area contributed by atoms with E-state index in [2.05, 4.69) is 14.8 Å². The number of methoxy groups -OCH3 is 1. The fraction of sp³-hybridized carbons (Fsp3) is 0.333. The maximum atomic E-state index is 13.8. The topological polar surface area (TPSA) is 83.5 Å². The summed E-state index contributed by atoms with van der Waals surface area (Å²) in [5.74, 6) is -5.45. The molecule has 0 radical (unpaired) electrons. The minimum Gasteiger partial charge on any atom is -0.468 e. The minimum absolute atomic E-state index is 0.481.